The van der Waals surface area contributed by atoms with Gasteiger partial charge in [0, 0.05) is 55.1 Å². The van der Waals surface area contributed by atoms with Gasteiger partial charge in [0.1, 0.15) is 0 Å². The van der Waals surface area contributed by atoms with Gasteiger partial charge >= 0.3 is 0 Å². The molecule has 57 heavy (non-hydrogen) atoms. The van der Waals surface area contributed by atoms with E-state index in [4.69, 9.17) is 15.0 Å². The number of benzene rings is 5. The fourth-order valence-electron chi connectivity index (χ4n) is 7.72. The van der Waals surface area contributed by atoms with Gasteiger partial charge in [-0.1, -0.05) is 137 Å². The van der Waals surface area contributed by atoms with Crippen molar-refractivity contribution < 1.29 is 0 Å². The number of rotatable bonds is 6. The van der Waals surface area contributed by atoms with E-state index in [0.29, 0.717) is 0 Å². The summed E-state index contributed by atoms with van der Waals surface area (Å²) in [6.45, 7) is 0. The van der Waals surface area contributed by atoms with Crippen molar-refractivity contribution >= 4 is 74.2 Å². The van der Waals surface area contributed by atoms with Crippen LogP contribution in [-0.2, 0) is 0 Å². The number of H-pyrrole nitrogens is 2. The Labute approximate surface area is 338 Å². The fraction of sp³-hybridized carbons (Fsp3) is 0. The molecule has 5 heterocycles. The number of halogens is 1. The van der Waals surface area contributed by atoms with Crippen LogP contribution in [0.3, 0.4) is 0 Å². The zero-order valence-corrected chi connectivity index (χ0v) is 32.3. The minimum atomic E-state index is 0.849. The molecule has 10 rings (SSSR count). The maximum Gasteiger partial charge on any atom is 0.0737 e. The summed E-state index contributed by atoms with van der Waals surface area (Å²) in [6, 6.07) is 56.5. The second-order valence-corrected chi connectivity index (χ2v) is 14.8. The van der Waals surface area contributed by atoms with Crippen molar-refractivity contribution in [3.8, 4) is 44.5 Å². The van der Waals surface area contributed by atoms with Crippen LogP contribution in [0, 0.1) is 0 Å². The fourth-order valence-corrected chi connectivity index (χ4v) is 7.98. The average molecular weight is 797 g/mol. The number of aliphatic imine (C=N–C) groups is 1. The van der Waals surface area contributed by atoms with Crippen LogP contribution in [-0.4, -0.2) is 26.2 Å². The topological polar surface area (TPSA) is 69.7 Å². The number of nitrogens with one attached hydrogen (secondary N) is 2. The Hall–Kier alpha value is -7.15. The van der Waals surface area contributed by atoms with E-state index in [1.165, 1.54) is 0 Å². The van der Waals surface area contributed by atoms with Gasteiger partial charge in [0.25, 0.3) is 0 Å². The molecular formula is C51H34BrN5. The molecule has 0 amide bonds. The highest BCUT2D eigenvalue weighted by atomic mass is 79.9. The first-order valence-corrected chi connectivity index (χ1v) is 19.7. The molecule has 6 heteroatoms. The smallest absolute Gasteiger partial charge is 0.0737 e. The quantitative estimate of drug-likeness (QED) is 0.165. The first kappa shape index (κ1) is 34.3. The summed E-state index contributed by atoms with van der Waals surface area (Å²) in [5, 5.41) is 0. The predicted molar refractivity (Wildman–Crippen MR) is 242 cm³/mol. The minimum absolute atomic E-state index is 0.849. The Morgan fingerprint density at radius 2 is 0.825 bits per heavy atom. The molecule has 5 nitrogen and oxygen atoms in total. The van der Waals surface area contributed by atoms with Gasteiger partial charge in [-0.15, -0.1) is 0 Å². The van der Waals surface area contributed by atoms with E-state index >= 15 is 0 Å². The number of fused-ring (bicyclic) bond motifs is 8. The summed E-state index contributed by atoms with van der Waals surface area (Å²) in [6.07, 6.45) is 10.5. The summed E-state index contributed by atoms with van der Waals surface area (Å²) < 4.78 is 1.01. The average Bonchev–Trinajstić information content (AvgIpc) is 4.10. The zero-order valence-electron chi connectivity index (χ0n) is 30.7. The molecule has 270 valence electrons. The van der Waals surface area contributed by atoms with Crippen molar-refractivity contribution in [3.05, 3.63) is 197 Å². The highest BCUT2D eigenvalue weighted by Crippen LogP contribution is 2.39. The van der Waals surface area contributed by atoms with Crippen LogP contribution in [0.15, 0.2) is 173 Å². The summed E-state index contributed by atoms with van der Waals surface area (Å²) in [7, 11) is 0. The van der Waals surface area contributed by atoms with Crippen LogP contribution in [0.4, 0.5) is 5.69 Å². The van der Waals surface area contributed by atoms with E-state index in [1.54, 1.807) is 0 Å². The lowest BCUT2D eigenvalue weighted by atomic mass is 10.0. The summed E-state index contributed by atoms with van der Waals surface area (Å²) in [4.78, 5) is 23.6. The maximum atomic E-state index is 5.47. The molecule has 3 aromatic heterocycles. The summed E-state index contributed by atoms with van der Waals surface area (Å²) in [5.41, 5.74) is 17.2. The molecular weight excluding hydrogens is 762 g/mol. The Kier molecular flexibility index (Phi) is 8.94. The van der Waals surface area contributed by atoms with Crippen molar-refractivity contribution in [3.63, 3.8) is 0 Å². The molecule has 0 saturated heterocycles. The zero-order chi connectivity index (χ0) is 38.1. The monoisotopic (exact) mass is 795 g/mol. The van der Waals surface area contributed by atoms with E-state index in [2.05, 4.69) is 165 Å². The van der Waals surface area contributed by atoms with Crippen molar-refractivity contribution in [2.45, 2.75) is 0 Å². The molecule has 0 spiro atoms. The molecule has 0 fully saturated rings. The third-order valence-electron chi connectivity index (χ3n) is 10.3. The van der Waals surface area contributed by atoms with Gasteiger partial charge in [-0.05, 0) is 89.0 Å². The molecule has 8 aromatic rings. The number of aromatic amines is 2. The summed E-state index contributed by atoms with van der Waals surface area (Å²) >= 11 is 3.57. The molecule has 0 unspecified atom stereocenters. The van der Waals surface area contributed by atoms with Crippen LogP contribution >= 0.6 is 15.9 Å². The van der Waals surface area contributed by atoms with E-state index in [1.807, 2.05) is 54.7 Å². The normalized spacial score (nSPS) is 12.1. The van der Waals surface area contributed by atoms with Gasteiger partial charge < -0.3 is 9.97 Å². The van der Waals surface area contributed by atoms with Crippen LogP contribution < -0.4 is 0 Å². The standard InChI is InChI=1S/C51H34BrN5/c52-38-21-23-39(24-22-38)53-32-37-31-46-49(35-17-9-3-10-18-35)44-28-27-42(55-44)47(33-13-5-1-6-14-33)40-25-26-41(54-40)48(34-15-7-2-8-16-34)43-29-30-45(56-43)50(51(37)57-46)36-19-11-4-12-20-36/h1-32,54,57H. The highest BCUT2D eigenvalue weighted by molar-refractivity contribution is 9.10. The Balaban J connectivity index is 1.40. The van der Waals surface area contributed by atoms with Crippen LogP contribution in [0.1, 0.15) is 28.3 Å². The van der Waals surface area contributed by atoms with E-state index in [0.717, 1.165) is 105 Å². The number of nitrogens with zero attached hydrogens (tertiary/aromatic N) is 3. The SMILES string of the molecule is Brc1ccc(N=Cc2cc3[nH]c2c(-c2ccccc2)c2nc(c(-c4ccccc4)c4ccc([nH]4)c(-c4ccccc4)c4nc(c3-c3ccccc3)C=C4)C=C2)cc1. The lowest BCUT2D eigenvalue weighted by Gasteiger charge is -2.07. The molecule has 8 bridgehead atoms. The van der Waals surface area contributed by atoms with Crippen LogP contribution in [0.5, 0.6) is 0 Å². The third kappa shape index (κ3) is 6.66. The van der Waals surface area contributed by atoms with Crippen molar-refractivity contribution in [2.75, 3.05) is 0 Å². The van der Waals surface area contributed by atoms with E-state index < -0.39 is 0 Å². The molecule has 2 aliphatic heterocycles. The highest BCUT2D eigenvalue weighted by Gasteiger charge is 2.20. The first-order valence-electron chi connectivity index (χ1n) is 18.9. The van der Waals surface area contributed by atoms with Crippen molar-refractivity contribution in [1.82, 2.24) is 19.9 Å². The van der Waals surface area contributed by atoms with Gasteiger partial charge in [0.2, 0.25) is 0 Å². The van der Waals surface area contributed by atoms with Crippen molar-refractivity contribution in [2.24, 2.45) is 4.99 Å². The Morgan fingerprint density at radius 3 is 1.28 bits per heavy atom. The molecule has 2 N–H and O–H groups in total. The van der Waals surface area contributed by atoms with Crippen molar-refractivity contribution in [1.29, 1.82) is 0 Å². The van der Waals surface area contributed by atoms with Gasteiger partial charge in [0.05, 0.1) is 34.0 Å². The molecule has 0 atom stereocenters. The van der Waals surface area contributed by atoms with Gasteiger partial charge in [-0.25, -0.2) is 9.97 Å². The summed E-state index contributed by atoms with van der Waals surface area (Å²) in [5.74, 6) is 0. The second-order valence-electron chi connectivity index (χ2n) is 13.9. The lowest BCUT2D eigenvalue weighted by Crippen LogP contribution is -1.90. The van der Waals surface area contributed by atoms with Gasteiger partial charge in [-0.3, -0.25) is 4.99 Å². The molecule has 5 aromatic carbocycles. The number of aromatic nitrogens is 4. The van der Waals surface area contributed by atoms with Gasteiger partial charge in [0.15, 0.2) is 0 Å². The van der Waals surface area contributed by atoms with Gasteiger partial charge in [-0.2, -0.15) is 0 Å². The Morgan fingerprint density at radius 1 is 0.421 bits per heavy atom. The van der Waals surface area contributed by atoms with Crippen LogP contribution in [0.25, 0.3) is 90.9 Å². The lowest BCUT2D eigenvalue weighted by molar-refractivity contribution is 1.31. The van der Waals surface area contributed by atoms with Crippen LogP contribution in [0.2, 0.25) is 0 Å². The third-order valence-corrected chi connectivity index (χ3v) is 10.9. The van der Waals surface area contributed by atoms with E-state index in [9.17, 15) is 0 Å². The second kappa shape index (κ2) is 14.8. The predicted octanol–water partition coefficient (Wildman–Crippen LogP) is 13.8. The molecule has 0 aliphatic carbocycles. The maximum absolute atomic E-state index is 5.47. The number of hydrogen-bond acceptors (Lipinski definition) is 3. The number of hydrogen-bond donors (Lipinski definition) is 2. The largest absolute Gasteiger partial charge is 0.354 e. The Bertz CT molecular complexity index is 3030. The van der Waals surface area contributed by atoms with E-state index in [-0.39, 0.29) is 0 Å². The molecule has 2 aliphatic rings. The molecule has 0 saturated carbocycles. The molecule has 0 radical (unpaired) electrons. The minimum Gasteiger partial charge on any atom is -0.354 e. The first-order chi connectivity index (χ1) is 28.2.